The molecular formula is C18H27N7O3S. The summed E-state index contributed by atoms with van der Waals surface area (Å²) in [5.74, 6) is 2.09. The molecule has 4 heterocycles. The largest absolute Gasteiger partial charge is 0.360 e. The van der Waals surface area contributed by atoms with Gasteiger partial charge in [0.15, 0.2) is 5.76 Å². The summed E-state index contributed by atoms with van der Waals surface area (Å²) in [6, 6.07) is 2.00. The van der Waals surface area contributed by atoms with E-state index in [4.69, 9.17) is 4.52 Å². The van der Waals surface area contributed by atoms with Crippen LogP contribution in [-0.4, -0.2) is 92.2 Å². The second kappa shape index (κ2) is 7.88. The fraction of sp³-hybridized carbons (Fsp3) is 0.611. The molecule has 2 aromatic heterocycles. The number of hydrogen-bond acceptors (Lipinski definition) is 9. The molecular weight excluding hydrogens is 394 g/mol. The lowest BCUT2D eigenvalue weighted by Gasteiger charge is -2.36. The first-order valence-electron chi connectivity index (χ1n) is 9.80. The number of piperazine rings is 2. The number of rotatable bonds is 4. The Morgan fingerprint density at radius 1 is 0.897 bits per heavy atom. The smallest absolute Gasteiger partial charge is 0.248 e. The van der Waals surface area contributed by atoms with E-state index >= 15 is 0 Å². The van der Waals surface area contributed by atoms with Crippen LogP contribution >= 0.6 is 0 Å². The molecule has 0 bridgehead atoms. The van der Waals surface area contributed by atoms with Crippen LogP contribution in [0.5, 0.6) is 0 Å². The predicted octanol–water partition coefficient (Wildman–Crippen LogP) is 0.344. The summed E-state index contributed by atoms with van der Waals surface area (Å²) in [5, 5.41) is 3.78. The number of hydrogen-bond donors (Lipinski definition) is 0. The van der Waals surface area contributed by atoms with Gasteiger partial charge in [-0.15, -0.1) is 0 Å². The molecule has 11 heteroatoms. The predicted molar refractivity (Wildman–Crippen MR) is 109 cm³/mol. The van der Waals surface area contributed by atoms with E-state index in [1.807, 2.05) is 6.07 Å². The average molecular weight is 422 g/mol. The quantitative estimate of drug-likeness (QED) is 0.692. The maximum Gasteiger partial charge on any atom is 0.248 e. The van der Waals surface area contributed by atoms with Gasteiger partial charge in [-0.2, -0.15) is 4.31 Å². The highest BCUT2D eigenvalue weighted by Crippen LogP contribution is 2.26. The molecule has 158 valence electrons. The van der Waals surface area contributed by atoms with Crippen LogP contribution in [0, 0.1) is 13.8 Å². The first-order valence-corrected chi connectivity index (χ1v) is 11.2. The van der Waals surface area contributed by atoms with E-state index in [9.17, 15) is 8.42 Å². The molecule has 0 aromatic carbocycles. The monoisotopic (exact) mass is 421 g/mol. The summed E-state index contributed by atoms with van der Waals surface area (Å²) in [6.45, 7) is 9.11. The lowest BCUT2D eigenvalue weighted by Crippen LogP contribution is -2.49. The first kappa shape index (κ1) is 20.0. The summed E-state index contributed by atoms with van der Waals surface area (Å²) >= 11 is 0. The fourth-order valence-electron chi connectivity index (χ4n) is 3.85. The van der Waals surface area contributed by atoms with Crippen LogP contribution in [0.2, 0.25) is 0 Å². The van der Waals surface area contributed by atoms with Crippen LogP contribution in [0.1, 0.15) is 11.5 Å². The van der Waals surface area contributed by atoms with E-state index in [0.29, 0.717) is 37.6 Å². The highest BCUT2D eigenvalue weighted by molar-refractivity contribution is 7.89. The molecule has 0 aliphatic carbocycles. The molecule has 10 nitrogen and oxygen atoms in total. The molecule has 0 atom stereocenters. The van der Waals surface area contributed by atoms with Crippen molar-refractivity contribution in [3.05, 3.63) is 23.8 Å². The normalized spacial score (nSPS) is 19.7. The molecule has 4 rings (SSSR count). The fourth-order valence-corrected chi connectivity index (χ4v) is 5.56. The van der Waals surface area contributed by atoms with Crippen LogP contribution in [0.25, 0.3) is 0 Å². The number of likely N-dealkylation sites (N-methyl/N-ethyl adjacent to an activating group) is 1. The van der Waals surface area contributed by atoms with Crippen molar-refractivity contribution in [2.75, 3.05) is 69.2 Å². The second-order valence-corrected chi connectivity index (χ2v) is 9.44. The molecule has 2 aromatic rings. The maximum atomic E-state index is 13.0. The molecule has 0 N–H and O–H groups in total. The Bertz CT molecular complexity index is 942. The lowest BCUT2D eigenvalue weighted by molar-refractivity contribution is 0.312. The van der Waals surface area contributed by atoms with E-state index in [0.717, 1.165) is 37.8 Å². The molecule has 29 heavy (non-hydrogen) atoms. The zero-order chi connectivity index (χ0) is 20.6. The molecule has 2 aliphatic heterocycles. The van der Waals surface area contributed by atoms with Crippen LogP contribution in [0.3, 0.4) is 0 Å². The Morgan fingerprint density at radius 2 is 1.45 bits per heavy atom. The van der Waals surface area contributed by atoms with E-state index in [1.165, 1.54) is 4.31 Å². The van der Waals surface area contributed by atoms with Gasteiger partial charge in [-0.25, -0.2) is 18.4 Å². The van der Waals surface area contributed by atoms with Gasteiger partial charge in [-0.3, -0.25) is 0 Å². The summed E-state index contributed by atoms with van der Waals surface area (Å²) in [5.41, 5.74) is 0.401. The third kappa shape index (κ3) is 3.94. The van der Waals surface area contributed by atoms with Gasteiger partial charge in [0.25, 0.3) is 0 Å². The Labute approximate surface area is 171 Å². The van der Waals surface area contributed by atoms with Gasteiger partial charge in [0.2, 0.25) is 10.0 Å². The molecule has 0 unspecified atom stereocenters. The Kier molecular flexibility index (Phi) is 5.45. The zero-order valence-corrected chi connectivity index (χ0v) is 17.9. The standard InChI is InChI=1S/C18H27N7O3S/c1-14-18(15(2)28-21-14)29(26,27)25-10-8-24(9-11-25)17-12-16(19-13-20-17)23-6-4-22(3)5-7-23/h12-13H,4-11H2,1-3H3. The van der Waals surface area contributed by atoms with E-state index in [1.54, 1.807) is 20.2 Å². The van der Waals surface area contributed by atoms with Gasteiger partial charge in [-0.1, -0.05) is 5.16 Å². The van der Waals surface area contributed by atoms with Crippen LogP contribution < -0.4 is 9.80 Å². The minimum absolute atomic E-state index is 0.185. The molecule has 0 spiro atoms. The van der Waals surface area contributed by atoms with Crippen molar-refractivity contribution in [2.24, 2.45) is 0 Å². The molecule has 2 aliphatic rings. The van der Waals surface area contributed by atoms with E-state index in [2.05, 4.69) is 36.9 Å². The average Bonchev–Trinajstić information content (AvgIpc) is 3.07. The van der Waals surface area contributed by atoms with Crippen molar-refractivity contribution < 1.29 is 12.9 Å². The number of anilines is 2. The minimum Gasteiger partial charge on any atom is -0.360 e. The Morgan fingerprint density at radius 3 is 1.97 bits per heavy atom. The van der Waals surface area contributed by atoms with Crippen molar-refractivity contribution in [3.8, 4) is 0 Å². The minimum atomic E-state index is -3.61. The first-order chi connectivity index (χ1) is 13.9. The van der Waals surface area contributed by atoms with Gasteiger partial charge in [-0.05, 0) is 20.9 Å². The summed E-state index contributed by atoms with van der Waals surface area (Å²) in [6.07, 6.45) is 1.59. The topological polar surface area (TPSA) is 98.9 Å². The van der Waals surface area contributed by atoms with Crippen molar-refractivity contribution in [1.29, 1.82) is 0 Å². The number of aromatic nitrogens is 3. The van der Waals surface area contributed by atoms with Crippen molar-refractivity contribution in [1.82, 2.24) is 24.3 Å². The lowest BCUT2D eigenvalue weighted by atomic mass is 10.3. The third-order valence-corrected chi connectivity index (χ3v) is 7.74. The van der Waals surface area contributed by atoms with Crippen LogP contribution in [0.4, 0.5) is 11.6 Å². The molecule has 0 radical (unpaired) electrons. The van der Waals surface area contributed by atoms with Crippen molar-refractivity contribution in [2.45, 2.75) is 18.7 Å². The maximum absolute atomic E-state index is 13.0. The summed E-state index contributed by atoms with van der Waals surface area (Å²) < 4.78 is 32.5. The zero-order valence-electron chi connectivity index (χ0n) is 17.1. The molecule has 0 saturated carbocycles. The number of aryl methyl sites for hydroxylation is 2. The highest BCUT2D eigenvalue weighted by atomic mass is 32.2. The van der Waals surface area contributed by atoms with Crippen LogP contribution in [0.15, 0.2) is 21.8 Å². The molecule has 0 amide bonds. The van der Waals surface area contributed by atoms with Gasteiger partial charge < -0.3 is 19.2 Å². The van der Waals surface area contributed by atoms with E-state index in [-0.39, 0.29) is 4.90 Å². The van der Waals surface area contributed by atoms with Crippen LogP contribution in [-0.2, 0) is 10.0 Å². The van der Waals surface area contributed by atoms with Gasteiger partial charge >= 0.3 is 0 Å². The molecule has 2 fully saturated rings. The third-order valence-electron chi connectivity index (χ3n) is 5.59. The number of sulfonamides is 1. The molecule has 2 saturated heterocycles. The number of nitrogens with zero attached hydrogens (tertiary/aromatic N) is 7. The summed E-state index contributed by atoms with van der Waals surface area (Å²) in [4.78, 5) is 15.7. The van der Waals surface area contributed by atoms with Gasteiger partial charge in [0.05, 0.1) is 0 Å². The Hall–Kier alpha value is -2.24. The van der Waals surface area contributed by atoms with Gasteiger partial charge in [0.1, 0.15) is 28.6 Å². The second-order valence-electron chi connectivity index (χ2n) is 7.57. The van der Waals surface area contributed by atoms with Crippen molar-refractivity contribution in [3.63, 3.8) is 0 Å². The SMILES string of the molecule is Cc1noc(C)c1S(=O)(=O)N1CCN(c2cc(N3CCN(C)CC3)ncn2)CC1. The summed E-state index contributed by atoms with van der Waals surface area (Å²) in [7, 11) is -1.49. The Balaban J connectivity index is 1.44. The van der Waals surface area contributed by atoms with E-state index < -0.39 is 10.0 Å². The van der Waals surface area contributed by atoms with Gasteiger partial charge in [0, 0.05) is 58.4 Å². The highest BCUT2D eigenvalue weighted by Gasteiger charge is 2.33. The van der Waals surface area contributed by atoms with Crippen molar-refractivity contribution >= 4 is 21.7 Å².